The van der Waals surface area contributed by atoms with Crippen molar-refractivity contribution in [1.29, 1.82) is 0 Å². The number of carbonyl (C=O) groups excluding carboxylic acids is 1. The molecule has 3 rings (SSSR count). The van der Waals surface area contributed by atoms with Gasteiger partial charge >= 0.3 is 0 Å². The average Bonchev–Trinajstić information content (AvgIpc) is 2.68. The molecule has 0 aromatic heterocycles. The van der Waals surface area contributed by atoms with E-state index in [1.807, 2.05) is 24.3 Å². The predicted octanol–water partition coefficient (Wildman–Crippen LogP) is 3.91. The average molecular weight is 437 g/mol. The van der Waals surface area contributed by atoms with Gasteiger partial charge in [0.15, 0.2) is 0 Å². The van der Waals surface area contributed by atoms with E-state index in [4.69, 9.17) is 16.3 Å². The lowest BCUT2D eigenvalue weighted by Crippen LogP contribution is -2.40. The number of ether oxygens (including phenoxy) is 1. The SMILES string of the molecule is CC(C)(C)c1ccc(NC(=O)c2ccc(Cl)c(S(=O)(=O)N3CCOCC3)c2)cc1. The molecule has 8 heteroatoms. The van der Waals surface area contributed by atoms with Gasteiger partial charge in [-0.05, 0) is 41.3 Å². The highest BCUT2D eigenvalue weighted by atomic mass is 35.5. The third kappa shape index (κ3) is 4.98. The number of morpholine rings is 1. The molecule has 1 aliphatic heterocycles. The van der Waals surface area contributed by atoms with Crippen LogP contribution in [-0.2, 0) is 20.2 Å². The lowest BCUT2D eigenvalue weighted by Gasteiger charge is -2.26. The molecule has 2 aromatic rings. The van der Waals surface area contributed by atoms with Gasteiger partial charge in [0.1, 0.15) is 4.90 Å². The fraction of sp³-hybridized carbons (Fsp3) is 0.381. The van der Waals surface area contributed by atoms with Crippen LogP contribution in [0.5, 0.6) is 0 Å². The Morgan fingerprint density at radius 3 is 2.28 bits per heavy atom. The van der Waals surface area contributed by atoms with Crippen LogP contribution >= 0.6 is 11.6 Å². The van der Waals surface area contributed by atoms with E-state index in [1.54, 1.807) is 0 Å². The first-order valence-corrected chi connectivity index (χ1v) is 11.2. The zero-order chi connectivity index (χ0) is 21.2. The van der Waals surface area contributed by atoms with E-state index in [1.165, 1.54) is 22.5 Å². The second kappa shape index (κ2) is 8.44. The minimum atomic E-state index is -3.80. The summed E-state index contributed by atoms with van der Waals surface area (Å²) in [5.41, 5.74) is 2.03. The van der Waals surface area contributed by atoms with Crippen molar-refractivity contribution in [2.45, 2.75) is 31.1 Å². The van der Waals surface area contributed by atoms with Gasteiger partial charge in [0.2, 0.25) is 10.0 Å². The van der Waals surface area contributed by atoms with E-state index >= 15 is 0 Å². The van der Waals surface area contributed by atoms with Crippen LogP contribution < -0.4 is 5.32 Å². The maximum absolute atomic E-state index is 12.9. The fourth-order valence-corrected chi connectivity index (χ4v) is 4.93. The number of hydrogen-bond acceptors (Lipinski definition) is 4. The van der Waals surface area contributed by atoms with Crippen molar-refractivity contribution in [1.82, 2.24) is 4.31 Å². The van der Waals surface area contributed by atoms with Crippen molar-refractivity contribution >= 4 is 33.2 Å². The highest BCUT2D eigenvalue weighted by Gasteiger charge is 2.29. The van der Waals surface area contributed by atoms with Gasteiger partial charge < -0.3 is 10.1 Å². The summed E-state index contributed by atoms with van der Waals surface area (Å²) in [7, 11) is -3.80. The van der Waals surface area contributed by atoms with Crippen LogP contribution in [0, 0.1) is 0 Å². The molecule has 156 valence electrons. The first-order valence-electron chi connectivity index (χ1n) is 9.38. The summed E-state index contributed by atoms with van der Waals surface area (Å²) in [5.74, 6) is -0.399. The Labute approximate surface area is 176 Å². The van der Waals surface area contributed by atoms with Crippen molar-refractivity contribution in [3.05, 3.63) is 58.6 Å². The number of benzene rings is 2. The Hall–Kier alpha value is -1.93. The standard InChI is InChI=1S/C21H25ClN2O4S/c1-21(2,3)16-5-7-17(8-6-16)23-20(25)15-4-9-18(22)19(14-15)29(26,27)24-10-12-28-13-11-24/h4-9,14H,10-13H2,1-3H3,(H,23,25). The monoisotopic (exact) mass is 436 g/mol. The van der Waals surface area contributed by atoms with Crippen molar-refractivity contribution in [2.75, 3.05) is 31.6 Å². The Bertz CT molecular complexity index is 992. The van der Waals surface area contributed by atoms with Gasteiger partial charge in [0.25, 0.3) is 5.91 Å². The van der Waals surface area contributed by atoms with Gasteiger partial charge in [-0.3, -0.25) is 4.79 Å². The summed E-state index contributed by atoms with van der Waals surface area (Å²) in [6, 6.07) is 11.9. The molecule has 0 aliphatic carbocycles. The zero-order valence-corrected chi connectivity index (χ0v) is 18.3. The van der Waals surface area contributed by atoms with Crippen LogP contribution in [0.4, 0.5) is 5.69 Å². The van der Waals surface area contributed by atoms with Crippen LogP contribution in [0.15, 0.2) is 47.4 Å². The number of rotatable bonds is 4. The Kier molecular flexibility index (Phi) is 6.33. The van der Waals surface area contributed by atoms with E-state index in [2.05, 4.69) is 26.1 Å². The molecule has 29 heavy (non-hydrogen) atoms. The van der Waals surface area contributed by atoms with E-state index in [0.29, 0.717) is 18.9 Å². The number of amides is 1. The minimum absolute atomic E-state index is 0.0153. The molecule has 1 heterocycles. The Balaban J connectivity index is 1.82. The molecule has 0 saturated carbocycles. The van der Waals surface area contributed by atoms with Gasteiger partial charge in [0.05, 0.1) is 18.2 Å². The lowest BCUT2D eigenvalue weighted by molar-refractivity contribution is 0.0730. The number of halogens is 1. The molecule has 1 amide bonds. The maximum atomic E-state index is 12.9. The van der Waals surface area contributed by atoms with E-state index in [-0.39, 0.29) is 34.0 Å². The quantitative estimate of drug-likeness (QED) is 0.788. The molecular weight excluding hydrogens is 412 g/mol. The minimum Gasteiger partial charge on any atom is -0.379 e. The molecule has 2 aromatic carbocycles. The highest BCUT2D eigenvalue weighted by molar-refractivity contribution is 7.89. The zero-order valence-electron chi connectivity index (χ0n) is 16.7. The summed E-state index contributed by atoms with van der Waals surface area (Å²) in [4.78, 5) is 12.6. The number of carbonyl (C=O) groups is 1. The molecule has 0 spiro atoms. The van der Waals surface area contributed by atoms with Gasteiger partial charge in [0, 0.05) is 24.3 Å². The number of nitrogens with one attached hydrogen (secondary N) is 1. The molecule has 1 fully saturated rings. The van der Waals surface area contributed by atoms with Gasteiger partial charge in [-0.15, -0.1) is 0 Å². The Morgan fingerprint density at radius 2 is 1.69 bits per heavy atom. The first-order chi connectivity index (χ1) is 13.6. The summed E-state index contributed by atoms with van der Waals surface area (Å²) in [5, 5.41) is 2.89. The molecule has 6 nitrogen and oxygen atoms in total. The highest BCUT2D eigenvalue weighted by Crippen LogP contribution is 2.27. The predicted molar refractivity (Wildman–Crippen MR) is 114 cm³/mol. The van der Waals surface area contributed by atoms with Crippen molar-refractivity contribution in [3.8, 4) is 0 Å². The van der Waals surface area contributed by atoms with E-state index in [0.717, 1.165) is 5.56 Å². The number of hydrogen-bond donors (Lipinski definition) is 1. The summed E-state index contributed by atoms with van der Waals surface area (Å²) >= 11 is 6.16. The summed E-state index contributed by atoms with van der Waals surface area (Å²) in [6.45, 7) is 7.54. The van der Waals surface area contributed by atoms with Crippen LogP contribution in [0.2, 0.25) is 5.02 Å². The van der Waals surface area contributed by atoms with Gasteiger partial charge in [-0.2, -0.15) is 4.31 Å². The molecule has 1 aliphatic rings. The first kappa shape index (κ1) is 21.8. The molecule has 0 unspecified atom stereocenters. The topological polar surface area (TPSA) is 75.7 Å². The van der Waals surface area contributed by atoms with Crippen molar-refractivity contribution < 1.29 is 17.9 Å². The maximum Gasteiger partial charge on any atom is 0.255 e. The molecule has 0 radical (unpaired) electrons. The number of nitrogens with zero attached hydrogens (tertiary/aromatic N) is 1. The van der Waals surface area contributed by atoms with E-state index < -0.39 is 15.9 Å². The lowest BCUT2D eigenvalue weighted by atomic mass is 9.87. The third-order valence-corrected chi connectivity index (χ3v) is 7.17. The molecule has 1 N–H and O–H groups in total. The molecule has 1 saturated heterocycles. The Morgan fingerprint density at radius 1 is 1.07 bits per heavy atom. The number of anilines is 1. The van der Waals surface area contributed by atoms with Crippen LogP contribution in [0.1, 0.15) is 36.7 Å². The van der Waals surface area contributed by atoms with Crippen LogP contribution in [0.3, 0.4) is 0 Å². The second-order valence-electron chi connectivity index (χ2n) is 7.94. The van der Waals surface area contributed by atoms with Gasteiger partial charge in [-0.25, -0.2) is 8.42 Å². The largest absolute Gasteiger partial charge is 0.379 e. The molecule has 0 atom stereocenters. The van der Waals surface area contributed by atoms with Gasteiger partial charge in [-0.1, -0.05) is 44.5 Å². The summed E-state index contributed by atoms with van der Waals surface area (Å²) < 4.78 is 32.4. The smallest absolute Gasteiger partial charge is 0.255 e. The second-order valence-corrected chi connectivity index (χ2v) is 10.3. The number of sulfonamides is 1. The molecular formula is C21H25ClN2O4S. The van der Waals surface area contributed by atoms with Crippen LogP contribution in [-0.4, -0.2) is 44.9 Å². The van der Waals surface area contributed by atoms with Crippen molar-refractivity contribution in [3.63, 3.8) is 0 Å². The third-order valence-electron chi connectivity index (χ3n) is 4.79. The van der Waals surface area contributed by atoms with Crippen molar-refractivity contribution in [2.24, 2.45) is 0 Å². The van der Waals surface area contributed by atoms with E-state index in [9.17, 15) is 13.2 Å². The molecule has 0 bridgehead atoms. The van der Waals surface area contributed by atoms with Crippen LogP contribution in [0.25, 0.3) is 0 Å². The fourth-order valence-electron chi connectivity index (χ4n) is 3.03. The normalized spacial score (nSPS) is 15.9. The summed E-state index contributed by atoms with van der Waals surface area (Å²) in [6.07, 6.45) is 0.